The van der Waals surface area contributed by atoms with E-state index in [0.717, 1.165) is 0 Å². The molecule has 0 spiro atoms. The summed E-state index contributed by atoms with van der Waals surface area (Å²) in [6.45, 7) is 0. The number of halogens is 1. The van der Waals surface area contributed by atoms with Crippen LogP contribution in [0.4, 0.5) is 16.2 Å². The SMILES string of the molecule is O=C(CBr)Nc1cccc(C(=O)NC(=O)Nc2ccccc2)c1. The molecular weight excluding hydrogens is 362 g/mol. The van der Waals surface area contributed by atoms with Crippen LogP contribution in [0.3, 0.4) is 0 Å². The van der Waals surface area contributed by atoms with Crippen LogP contribution in [0, 0.1) is 0 Å². The van der Waals surface area contributed by atoms with E-state index >= 15 is 0 Å². The van der Waals surface area contributed by atoms with Crippen molar-refractivity contribution in [3.8, 4) is 0 Å². The summed E-state index contributed by atoms with van der Waals surface area (Å²) in [5.41, 5.74) is 1.32. The molecule has 0 atom stereocenters. The van der Waals surface area contributed by atoms with Crippen LogP contribution in [-0.2, 0) is 4.79 Å². The third-order valence-electron chi connectivity index (χ3n) is 2.79. The third-order valence-corrected chi connectivity index (χ3v) is 3.30. The first-order valence-electron chi connectivity index (χ1n) is 6.72. The Balaban J connectivity index is 1.98. The Morgan fingerprint density at radius 1 is 0.870 bits per heavy atom. The van der Waals surface area contributed by atoms with Crippen LogP contribution in [0.25, 0.3) is 0 Å². The predicted molar refractivity (Wildman–Crippen MR) is 91.8 cm³/mol. The summed E-state index contributed by atoms with van der Waals surface area (Å²) < 4.78 is 0. The first-order valence-corrected chi connectivity index (χ1v) is 7.84. The highest BCUT2D eigenvalue weighted by Gasteiger charge is 2.11. The molecule has 0 bridgehead atoms. The minimum absolute atomic E-state index is 0.156. The Morgan fingerprint density at radius 2 is 1.57 bits per heavy atom. The van der Waals surface area contributed by atoms with Gasteiger partial charge in [-0.05, 0) is 30.3 Å². The molecule has 3 N–H and O–H groups in total. The number of anilines is 2. The molecule has 0 radical (unpaired) electrons. The number of nitrogens with one attached hydrogen (secondary N) is 3. The molecule has 0 fully saturated rings. The molecular formula is C16H14BrN3O3. The van der Waals surface area contributed by atoms with Crippen molar-refractivity contribution < 1.29 is 14.4 Å². The van der Waals surface area contributed by atoms with Crippen LogP contribution in [0.15, 0.2) is 54.6 Å². The van der Waals surface area contributed by atoms with Gasteiger partial charge < -0.3 is 10.6 Å². The Morgan fingerprint density at radius 3 is 2.26 bits per heavy atom. The standard InChI is InChI=1S/C16H14BrN3O3/c17-10-14(21)18-13-8-4-5-11(9-13)15(22)20-16(23)19-12-6-2-1-3-7-12/h1-9H,10H2,(H,18,21)(H2,19,20,22,23). The lowest BCUT2D eigenvalue weighted by Gasteiger charge is -2.08. The number of rotatable bonds is 4. The Kier molecular flexibility index (Phi) is 5.87. The van der Waals surface area contributed by atoms with E-state index < -0.39 is 11.9 Å². The normalized spacial score (nSPS) is 9.78. The van der Waals surface area contributed by atoms with Crippen molar-refractivity contribution in [2.75, 3.05) is 16.0 Å². The van der Waals surface area contributed by atoms with Crippen molar-refractivity contribution in [3.63, 3.8) is 0 Å². The van der Waals surface area contributed by atoms with Crippen molar-refractivity contribution in [3.05, 3.63) is 60.2 Å². The summed E-state index contributed by atoms with van der Waals surface area (Å²) in [5.74, 6) is -0.794. The van der Waals surface area contributed by atoms with Gasteiger partial charge in [-0.1, -0.05) is 40.2 Å². The molecule has 0 saturated carbocycles. The van der Waals surface area contributed by atoms with Crippen molar-refractivity contribution in [2.45, 2.75) is 0 Å². The maximum atomic E-state index is 12.1. The maximum Gasteiger partial charge on any atom is 0.326 e. The van der Waals surface area contributed by atoms with E-state index in [-0.39, 0.29) is 16.8 Å². The third kappa shape index (κ3) is 5.23. The average Bonchev–Trinajstić information content (AvgIpc) is 2.55. The van der Waals surface area contributed by atoms with Gasteiger partial charge in [0, 0.05) is 16.9 Å². The molecule has 0 aliphatic heterocycles. The van der Waals surface area contributed by atoms with Crippen molar-refractivity contribution >= 4 is 45.2 Å². The molecule has 2 aromatic rings. The van der Waals surface area contributed by atoms with E-state index in [0.29, 0.717) is 11.4 Å². The van der Waals surface area contributed by atoms with Gasteiger partial charge in [-0.25, -0.2) is 4.79 Å². The molecule has 2 rings (SSSR count). The average molecular weight is 376 g/mol. The molecule has 0 saturated heterocycles. The number of carbonyl (C=O) groups is 3. The number of para-hydroxylation sites is 1. The minimum atomic E-state index is -0.629. The first-order chi connectivity index (χ1) is 11.1. The summed E-state index contributed by atoms with van der Waals surface area (Å²) in [5, 5.41) is 7.55. The topological polar surface area (TPSA) is 87.3 Å². The molecule has 7 heteroatoms. The number of alkyl halides is 1. The van der Waals surface area contributed by atoms with Gasteiger partial charge in [0.1, 0.15) is 0 Å². The Labute approximate surface area is 141 Å². The number of hydrogen-bond donors (Lipinski definition) is 3. The summed E-state index contributed by atoms with van der Waals surface area (Å²) >= 11 is 3.04. The zero-order valence-corrected chi connectivity index (χ0v) is 13.6. The van der Waals surface area contributed by atoms with Crippen LogP contribution in [0.2, 0.25) is 0 Å². The number of amides is 4. The summed E-state index contributed by atoms with van der Waals surface area (Å²) in [6.07, 6.45) is 0. The highest BCUT2D eigenvalue weighted by Crippen LogP contribution is 2.11. The first kappa shape index (κ1) is 16.7. The van der Waals surface area contributed by atoms with Gasteiger partial charge in [-0.3, -0.25) is 14.9 Å². The molecule has 0 heterocycles. The molecule has 0 aliphatic rings. The molecule has 2 aromatic carbocycles. The van der Waals surface area contributed by atoms with Crippen molar-refractivity contribution in [2.24, 2.45) is 0 Å². The molecule has 23 heavy (non-hydrogen) atoms. The monoisotopic (exact) mass is 375 g/mol. The zero-order valence-electron chi connectivity index (χ0n) is 12.0. The second-order valence-electron chi connectivity index (χ2n) is 4.54. The number of hydrogen-bond acceptors (Lipinski definition) is 3. The van der Waals surface area contributed by atoms with Gasteiger partial charge >= 0.3 is 6.03 Å². The minimum Gasteiger partial charge on any atom is -0.325 e. The predicted octanol–water partition coefficient (Wildman–Crippen LogP) is 2.98. The fourth-order valence-electron chi connectivity index (χ4n) is 1.79. The van der Waals surface area contributed by atoms with Gasteiger partial charge in [0.15, 0.2) is 0 Å². The molecule has 0 aromatic heterocycles. The Hall–Kier alpha value is -2.67. The molecule has 6 nitrogen and oxygen atoms in total. The van der Waals surface area contributed by atoms with E-state index in [1.54, 1.807) is 42.5 Å². The molecule has 4 amide bonds. The van der Waals surface area contributed by atoms with E-state index in [4.69, 9.17) is 0 Å². The lowest BCUT2D eigenvalue weighted by Crippen LogP contribution is -2.34. The number of urea groups is 1. The molecule has 0 unspecified atom stereocenters. The summed E-state index contributed by atoms with van der Waals surface area (Å²) in [4.78, 5) is 35.2. The quantitative estimate of drug-likeness (QED) is 0.717. The second-order valence-corrected chi connectivity index (χ2v) is 5.10. The zero-order chi connectivity index (χ0) is 16.7. The van der Waals surface area contributed by atoms with Crippen LogP contribution in [0.1, 0.15) is 10.4 Å². The van der Waals surface area contributed by atoms with E-state index in [2.05, 4.69) is 31.9 Å². The number of carbonyl (C=O) groups excluding carboxylic acids is 3. The summed E-state index contributed by atoms with van der Waals surface area (Å²) in [7, 11) is 0. The van der Waals surface area contributed by atoms with E-state index in [1.807, 2.05) is 6.07 Å². The van der Waals surface area contributed by atoms with Crippen LogP contribution < -0.4 is 16.0 Å². The fourth-order valence-corrected chi connectivity index (χ4v) is 1.93. The lowest BCUT2D eigenvalue weighted by molar-refractivity contribution is -0.113. The second kappa shape index (κ2) is 8.09. The fraction of sp³-hybridized carbons (Fsp3) is 0.0625. The van der Waals surface area contributed by atoms with Crippen LogP contribution >= 0.6 is 15.9 Å². The van der Waals surface area contributed by atoms with Gasteiger partial charge in [0.25, 0.3) is 5.91 Å². The van der Waals surface area contributed by atoms with E-state index in [1.165, 1.54) is 6.07 Å². The van der Waals surface area contributed by atoms with Crippen LogP contribution in [0.5, 0.6) is 0 Å². The Bertz CT molecular complexity index is 720. The smallest absolute Gasteiger partial charge is 0.325 e. The molecule has 0 aliphatic carbocycles. The highest BCUT2D eigenvalue weighted by atomic mass is 79.9. The number of imide groups is 1. The van der Waals surface area contributed by atoms with Crippen LogP contribution in [-0.4, -0.2) is 23.2 Å². The van der Waals surface area contributed by atoms with Crippen molar-refractivity contribution in [1.29, 1.82) is 0 Å². The molecule has 118 valence electrons. The van der Waals surface area contributed by atoms with Gasteiger partial charge in [0.2, 0.25) is 5.91 Å². The van der Waals surface area contributed by atoms with Crippen molar-refractivity contribution in [1.82, 2.24) is 5.32 Å². The highest BCUT2D eigenvalue weighted by molar-refractivity contribution is 9.09. The summed E-state index contributed by atoms with van der Waals surface area (Å²) in [6, 6.07) is 14.5. The van der Waals surface area contributed by atoms with Gasteiger partial charge in [-0.15, -0.1) is 0 Å². The van der Waals surface area contributed by atoms with E-state index in [9.17, 15) is 14.4 Å². The van der Waals surface area contributed by atoms with Gasteiger partial charge in [-0.2, -0.15) is 0 Å². The van der Waals surface area contributed by atoms with Gasteiger partial charge in [0.05, 0.1) is 5.33 Å². The largest absolute Gasteiger partial charge is 0.326 e. The maximum absolute atomic E-state index is 12.1. The number of benzene rings is 2. The lowest BCUT2D eigenvalue weighted by atomic mass is 10.2.